The van der Waals surface area contributed by atoms with Gasteiger partial charge in [0.1, 0.15) is 48.8 Å². The number of nitrogens with one attached hydrogen (secondary N) is 1. The molecule has 2 fully saturated rings. The molecule has 0 aliphatic carbocycles. The lowest BCUT2D eigenvalue weighted by Crippen LogP contribution is -2.65. The van der Waals surface area contributed by atoms with Crippen LogP contribution in [0.15, 0.2) is 12.2 Å². The number of ether oxygens (including phenoxy) is 4. The fourth-order valence-corrected chi connectivity index (χ4v) is 9.06. The van der Waals surface area contributed by atoms with E-state index in [0.29, 0.717) is 6.42 Å². The van der Waals surface area contributed by atoms with Crippen molar-refractivity contribution in [1.29, 1.82) is 0 Å². The van der Waals surface area contributed by atoms with Gasteiger partial charge in [0.05, 0.1) is 32.0 Å². The van der Waals surface area contributed by atoms with Crippen LogP contribution in [0.4, 0.5) is 0 Å². The molecule has 14 heteroatoms. The second-order valence-electron chi connectivity index (χ2n) is 19.4. The summed E-state index contributed by atoms with van der Waals surface area (Å²) < 4.78 is 22.7. The van der Waals surface area contributed by atoms with Crippen molar-refractivity contribution >= 4 is 5.91 Å². The van der Waals surface area contributed by atoms with E-state index >= 15 is 0 Å². The first-order valence-corrected chi connectivity index (χ1v) is 26.9. The minimum atomic E-state index is -1.78. The van der Waals surface area contributed by atoms with Gasteiger partial charge in [-0.1, -0.05) is 206 Å². The summed E-state index contributed by atoms with van der Waals surface area (Å²) in [6, 6.07) is -0.908. The minimum absolute atomic E-state index is 0.236. The standard InChI is InChI=1S/C52H99NO13/c1-3-5-7-9-11-13-15-17-19-20-21-22-24-26-28-30-32-34-36-44(57)53-40(41(56)35-33-31-29-27-25-23-18-16-14-12-10-8-6-4-2)39-63-51-49(62)47(60)50(43(38-55)65-51)66-52-48(61)46(59)45(58)42(37-54)64-52/h33,35,40-43,45-52,54-56,58-62H,3-32,34,36-39H2,1-2H3,(H,53,57)/b35-33+. The summed E-state index contributed by atoms with van der Waals surface area (Å²) >= 11 is 0. The molecule has 0 aromatic heterocycles. The molecule has 14 nitrogen and oxygen atoms in total. The van der Waals surface area contributed by atoms with Crippen LogP contribution in [0.3, 0.4) is 0 Å². The monoisotopic (exact) mass is 946 g/mol. The maximum atomic E-state index is 13.2. The van der Waals surface area contributed by atoms with Crippen molar-refractivity contribution in [1.82, 2.24) is 5.32 Å². The minimum Gasteiger partial charge on any atom is -0.394 e. The van der Waals surface area contributed by atoms with E-state index in [2.05, 4.69) is 19.2 Å². The zero-order valence-electron chi connectivity index (χ0n) is 41.5. The molecule has 2 rings (SSSR count). The number of unbranched alkanes of at least 4 members (excludes halogenated alkanes) is 29. The number of carbonyl (C=O) groups is 1. The van der Waals surface area contributed by atoms with Gasteiger partial charge in [0.15, 0.2) is 12.6 Å². The molecule has 0 spiro atoms. The molecule has 1 amide bonds. The fraction of sp³-hybridized carbons (Fsp3) is 0.942. The highest BCUT2D eigenvalue weighted by atomic mass is 16.7. The number of aliphatic hydroxyl groups excluding tert-OH is 8. The molecule has 2 heterocycles. The first-order valence-electron chi connectivity index (χ1n) is 26.9. The van der Waals surface area contributed by atoms with Crippen LogP contribution in [0, 0.1) is 0 Å². The van der Waals surface area contributed by atoms with Gasteiger partial charge >= 0.3 is 0 Å². The van der Waals surface area contributed by atoms with Gasteiger partial charge in [-0.15, -0.1) is 0 Å². The molecule has 0 aromatic carbocycles. The van der Waals surface area contributed by atoms with E-state index in [4.69, 9.17) is 18.9 Å². The topological polar surface area (TPSA) is 228 Å². The van der Waals surface area contributed by atoms with Crippen molar-refractivity contribution in [3.05, 3.63) is 12.2 Å². The lowest BCUT2D eigenvalue weighted by Gasteiger charge is -2.46. The molecular formula is C52H99NO13. The molecule has 0 bridgehead atoms. The second kappa shape index (κ2) is 39.5. The Bertz CT molecular complexity index is 1160. The zero-order chi connectivity index (χ0) is 48.2. The Morgan fingerprint density at radius 3 is 1.39 bits per heavy atom. The molecular weight excluding hydrogens is 847 g/mol. The largest absolute Gasteiger partial charge is 0.394 e. The van der Waals surface area contributed by atoms with Crippen molar-refractivity contribution in [2.45, 2.75) is 293 Å². The number of rotatable bonds is 42. The summed E-state index contributed by atoms with van der Waals surface area (Å²) in [4.78, 5) is 13.2. The maximum Gasteiger partial charge on any atom is 0.220 e. The highest BCUT2D eigenvalue weighted by Crippen LogP contribution is 2.30. The van der Waals surface area contributed by atoms with Gasteiger partial charge in [-0.2, -0.15) is 0 Å². The fourth-order valence-electron chi connectivity index (χ4n) is 9.06. The van der Waals surface area contributed by atoms with E-state index in [-0.39, 0.29) is 18.9 Å². The third kappa shape index (κ3) is 26.1. The Hall–Kier alpha value is -1.27. The van der Waals surface area contributed by atoms with Crippen molar-refractivity contribution in [3.8, 4) is 0 Å². The van der Waals surface area contributed by atoms with Gasteiger partial charge in [0.25, 0.3) is 0 Å². The van der Waals surface area contributed by atoms with Crippen LogP contribution in [-0.4, -0.2) is 140 Å². The Kier molecular flexibility index (Phi) is 36.4. The number of hydrogen-bond donors (Lipinski definition) is 9. The Balaban J connectivity index is 1.81. The highest BCUT2D eigenvalue weighted by molar-refractivity contribution is 5.76. The predicted octanol–water partition coefficient (Wildman–Crippen LogP) is 7.55. The van der Waals surface area contributed by atoms with Crippen molar-refractivity contribution in [2.24, 2.45) is 0 Å². The normalized spacial score (nSPS) is 26.8. The van der Waals surface area contributed by atoms with Crippen LogP contribution in [0.1, 0.15) is 219 Å². The molecule has 0 saturated carbocycles. The molecule has 66 heavy (non-hydrogen) atoms. The smallest absolute Gasteiger partial charge is 0.220 e. The van der Waals surface area contributed by atoms with E-state index in [1.165, 1.54) is 154 Å². The quantitative estimate of drug-likeness (QED) is 0.0213. The molecule has 0 aromatic rings. The SMILES string of the molecule is CCCCCCCCCCCCCC/C=C/C(O)C(COC1OC(CO)C(OC2OC(CO)C(O)C(O)C2O)C(O)C1O)NC(=O)CCCCCCCCCCCCCCCCCCCC. The Labute approximate surface area is 399 Å². The summed E-state index contributed by atoms with van der Waals surface area (Å²) in [7, 11) is 0. The maximum absolute atomic E-state index is 13.2. The lowest BCUT2D eigenvalue weighted by atomic mass is 9.97. The van der Waals surface area contributed by atoms with Gasteiger partial charge < -0.3 is 65.1 Å². The van der Waals surface area contributed by atoms with E-state index in [0.717, 1.165) is 38.5 Å². The lowest BCUT2D eigenvalue weighted by molar-refractivity contribution is -0.359. The van der Waals surface area contributed by atoms with Gasteiger partial charge in [0, 0.05) is 6.42 Å². The molecule has 0 radical (unpaired) electrons. The molecule has 390 valence electrons. The Morgan fingerprint density at radius 2 is 0.939 bits per heavy atom. The summed E-state index contributed by atoms with van der Waals surface area (Å²) in [5, 5.41) is 86.8. The van der Waals surface area contributed by atoms with E-state index < -0.39 is 86.8 Å². The number of hydrogen-bond acceptors (Lipinski definition) is 13. The number of aliphatic hydroxyl groups is 8. The van der Waals surface area contributed by atoms with Gasteiger partial charge in [-0.05, 0) is 19.3 Å². The summed E-state index contributed by atoms with van der Waals surface area (Å²) in [5.74, 6) is -0.236. The average Bonchev–Trinajstić information content (AvgIpc) is 3.31. The third-order valence-electron chi connectivity index (χ3n) is 13.5. The first kappa shape index (κ1) is 60.9. The van der Waals surface area contributed by atoms with Gasteiger partial charge in [0.2, 0.25) is 5.91 Å². The highest BCUT2D eigenvalue weighted by Gasteiger charge is 2.51. The third-order valence-corrected chi connectivity index (χ3v) is 13.5. The number of carbonyl (C=O) groups excluding carboxylic acids is 1. The summed E-state index contributed by atoms with van der Waals surface area (Å²) in [5.41, 5.74) is 0. The van der Waals surface area contributed by atoms with Crippen LogP contribution in [0.25, 0.3) is 0 Å². The van der Waals surface area contributed by atoms with E-state index in [1.54, 1.807) is 6.08 Å². The van der Waals surface area contributed by atoms with Crippen LogP contribution >= 0.6 is 0 Å². The second-order valence-corrected chi connectivity index (χ2v) is 19.4. The van der Waals surface area contributed by atoms with Crippen molar-refractivity contribution in [3.63, 3.8) is 0 Å². The van der Waals surface area contributed by atoms with E-state index in [9.17, 15) is 45.6 Å². The van der Waals surface area contributed by atoms with Gasteiger partial charge in [-0.25, -0.2) is 0 Å². The molecule has 9 N–H and O–H groups in total. The number of amides is 1. The molecule has 2 aliphatic rings. The van der Waals surface area contributed by atoms with Gasteiger partial charge in [-0.3, -0.25) is 4.79 Å². The van der Waals surface area contributed by atoms with E-state index in [1.807, 2.05) is 6.08 Å². The molecule has 2 aliphatic heterocycles. The Morgan fingerprint density at radius 1 is 0.530 bits per heavy atom. The number of allylic oxidation sites excluding steroid dienone is 1. The summed E-state index contributed by atoms with van der Waals surface area (Å²) in [6.07, 6.45) is 25.3. The van der Waals surface area contributed by atoms with Crippen LogP contribution < -0.4 is 5.32 Å². The van der Waals surface area contributed by atoms with Crippen molar-refractivity contribution < 1.29 is 64.6 Å². The summed E-state index contributed by atoms with van der Waals surface area (Å²) in [6.45, 7) is 2.80. The molecule has 12 atom stereocenters. The first-order chi connectivity index (χ1) is 32.1. The van der Waals surface area contributed by atoms with Crippen LogP contribution in [-0.2, 0) is 23.7 Å². The van der Waals surface area contributed by atoms with Crippen molar-refractivity contribution in [2.75, 3.05) is 19.8 Å². The van der Waals surface area contributed by atoms with Crippen LogP contribution in [0.2, 0.25) is 0 Å². The average molecular weight is 946 g/mol. The predicted molar refractivity (Wildman–Crippen MR) is 259 cm³/mol. The molecule has 12 unspecified atom stereocenters. The molecule has 2 saturated heterocycles. The zero-order valence-corrected chi connectivity index (χ0v) is 41.5. The van der Waals surface area contributed by atoms with Crippen LogP contribution in [0.5, 0.6) is 0 Å².